The highest BCUT2D eigenvalue weighted by Gasteiger charge is 2.41. The lowest BCUT2D eigenvalue weighted by atomic mass is 10.3. The van der Waals surface area contributed by atoms with E-state index < -0.39 is 18.9 Å². The summed E-state index contributed by atoms with van der Waals surface area (Å²) in [6.45, 7) is -0.597. The van der Waals surface area contributed by atoms with Crippen molar-refractivity contribution in [1.29, 1.82) is 0 Å². The topological polar surface area (TPSA) is 29.3 Å². The molecule has 0 aromatic rings. The number of alkyl halides is 4. The minimum Gasteiger partial charge on any atom is -0.329 e. The van der Waals surface area contributed by atoms with E-state index in [4.69, 9.17) is 5.73 Å². The summed E-state index contributed by atoms with van der Waals surface area (Å²) in [6, 6.07) is 0. The predicted molar refractivity (Wildman–Crippen MR) is 37.5 cm³/mol. The molecule has 0 rings (SSSR count). The number of hydrogen-bond acceptors (Lipinski definition) is 2. The van der Waals surface area contributed by atoms with Crippen LogP contribution in [-0.2, 0) is 0 Å². The fourth-order valence-electron chi connectivity index (χ4n) is 0.728. The standard InChI is InChI=1S/C6H12F4N2/c1-12(3-2-11)4-6(9,10)5(7)8/h5H,2-4,11H2,1H3. The Hall–Kier alpha value is -0.360. The van der Waals surface area contributed by atoms with E-state index in [1.807, 2.05) is 0 Å². The van der Waals surface area contributed by atoms with Crippen molar-refractivity contribution in [3.8, 4) is 0 Å². The zero-order valence-corrected chi connectivity index (χ0v) is 6.74. The molecule has 12 heavy (non-hydrogen) atoms. The first-order valence-electron chi connectivity index (χ1n) is 3.44. The highest BCUT2D eigenvalue weighted by atomic mass is 19.3. The molecule has 0 radical (unpaired) electrons. The van der Waals surface area contributed by atoms with Gasteiger partial charge in [-0.3, -0.25) is 4.90 Å². The van der Waals surface area contributed by atoms with Gasteiger partial charge in [0.25, 0.3) is 0 Å². The minimum atomic E-state index is -3.94. The van der Waals surface area contributed by atoms with Crippen molar-refractivity contribution in [2.75, 3.05) is 26.7 Å². The first-order chi connectivity index (χ1) is 5.40. The third-order valence-electron chi connectivity index (χ3n) is 1.31. The number of rotatable bonds is 5. The van der Waals surface area contributed by atoms with Gasteiger partial charge in [0.1, 0.15) is 0 Å². The van der Waals surface area contributed by atoms with Gasteiger partial charge in [0.05, 0.1) is 6.54 Å². The van der Waals surface area contributed by atoms with E-state index in [1.165, 1.54) is 7.05 Å². The SMILES string of the molecule is CN(CCN)CC(F)(F)C(F)F. The van der Waals surface area contributed by atoms with Crippen molar-refractivity contribution in [3.63, 3.8) is 0 Å². The number of likely N-dealkylation sites (N-methyl/N-ethyl adjacent to an activating group) is 1. The Morgan fingerprint density at radius 1 is 1.42 bits per heavy atom. The maximum Gasteiger partial charge on any atom is 0.319 e. The molecule has 0 saturated carbocycles. The van der Waals surface area contributed by atoms with Crippen LogP contribution in [0.3, 0.4) is 0 Å². The highest BCUT2D eigenvalue weighted by Crippen LogP contribution is 2.23. The summed E-state index contributed by atoms with van der Waals surface area (Å²) in [5.41, 5.74) is 5.05. The van der Waals surface area contributed by atoms with Gasteiger partial charge in [-0.1, -0.05) is 0 Å². The molecule has 0 saturated heterocycles. The molecule has 2 nitrogen and oxygen atoms in total. The summed E-state index contributed by atoms with van der Waals surface area (Å²) in [7, 11) is 1.32. The summed E-state index contributed by atoms with van der Waals surface area (Å²) in [5, 5.41) is 0. The Balaban J connectivity index is 3.88. The maximum absolute atomic E-state index is 12.3. The summed E-state index contributed by atoms with van der Waals surface area (Å²) < 4.78 is 47.8. The Morgan fingerprint density at radius 3 is 2.25 bits per heavy atom. The zero-order valence-electron chi connectivity index (χ0n) is 6.74. The van der Waals surface area contributed by atoms with Crippen LogP contribution in [0.15, 0.2) is 0 Å². The molecule has 2 N–H and O–H groups in total. The number of halogens is 4. The van der Waals surface area contributed by atoms with Crippen LogP contribution in [0.5, 0.6) is 0 Å². The summed E-state index contributed by atoms with van der Waals surface area (Å²) in [6.07, 6.45) is -3.61. The molecule has 0 heterocycles. The van der Waals surface area contributed by atoms with Crippen molar-refractivity contribution < 1.29 is 17.6 Å². The van der Waals surface area contributed by atoms with Gasteiger partial charge < -0.3 is 5.73 Å². The van der Waals surface area contributed by atoms with Crippen LogP contribution in [-0.4, -0.2) is 43.9 Å². The average molecular weight is 188 g/mol. The molecule has 6 heteroatoms. The van der Waals surface area contributed by atoms with Gasteiger partial charge in [-0.15, -0.1) is 0 Å². The van der Waals surface area contributed by atoms with E-state index in [1.54, 1.807) is 0 Å². The Morgan fingerprint density at radius 2 is 1.92 bits per heavy atom. The number of hydrogen-bond donors (Lipinski definition) is 1. The van der Waals surface area contributed by atoms with Gasteiger partial charge in [0, 0.05) is 13.1 Å². The Bertz CT molecular complexity index is 129. The van der Waals surface area contributed by atoms with E-state index in [2.05, 4.69) is 0 Å². The molecule has 0 amide bonds. The predicted octanol–water partition coefficient (Wildman–Crippen LogP) is 0.777. The molecule has 0 atom stereocenters. The summed E-state index contributed by atoms with van der Waals surface area (Å²) in [5.74, 6) is -3.94. The van der Waals surface area contributed by atoms with Crippen LogP contribution in [0.25, 0.3) is 0 Å². The highest BCUT2D eigenvalue weighted by molar-refractivity contribution is 4.73. The van der Waals surface area contributed by atoms with Crippen molar-refractivity contribution in [2.45, 2.75) is 12.3 Å². The number of nitrogens with two attached hydrogens (primary N) is 1. The Labute approximate surface area is 68.3 Å². The number of nitrogens with zero attached hydrogens (tertiary/aromatic N) is 1. The lowest BCUT2D eigenvalue weighted by Crippen LogP contribution is -2.41. The molecular formula is C6H12F4N2. The van der Waals surface area contributed by atoms with Crippen LogP contribution < -0.4 is 5.73 Å². The quantitative estimate of drug-likeness (QED) is 0.646. The van der Waals surface area contributed by atoms with Crippen molar-refractivity contribution in [2.24, 2.45) is 5.73 Å². The third kappa shape index (κ3) is 3.87. The van der Waals surface area contributed by atoms with Crippen molar-refractivity contribution in [1.82, 2.24) is 4.90 Å². The molecule has 0 aromatic heterocycles. The second-order valence-corrected chi connectivity index (χ2v) is 2.59. The molecular weight excluding hydrogens is 176 g/mol. The van der Waals surface area contributed by atoms with Crippen LogP contribution in [0.4, 0.5) is 17.6 Å². The van der Waals surface area contributed by atoms with E-state index >= 15 is 0 Å². The average Bonchev–Trinajstić information content (AvgIpc) is 1.85. The van der Waals surface area contributed by atoms with E-state index in [-0.39, 0.29) is 13.1 Å². The summed E-state index contributed by atoms with van der Waals surface area (Å²) >= 11 is 0. The van der Waals surface area contributed by atoms with Gasteiger partial charge in [-0.2, -0.15) is 8.78 Å². The zero-order chi connectivity index (χ0) is 9.78. The monoisotopic (exact) mass is 188 g/mol. The van der Waals surface area contributed by atoms with Crippen molar-refractivity contribution in [3.05, 3.63) is 0 Å². The van der Waals surface area contributed by atoms with Crippen LogP contribution in [0.2, 0.25) is 0 Å². The van der Waals surface area contributed by atoms with Gasteiger partial charge in [-0.25, -0.2) is 8.78 Å². The Kier molecular flexibility index (Phi) is 4.47. The molecule has 0 unspecified atom stereocenters. The smallest absolute Gasteiger partial charge is 0.319 e. The fourth-order valence-corrected chi connectivity index (χ4v) is 0.728. The van der Waals surface area contributed by atoms with Crippen molar-refractivity contribution >= 4 is 0 Å². The molecule has 0 aromatic carbocycles. The lowest BCUT2D eigenvalue weighted by molar-refractivity contribution is -0.139. The first-order valence-corrected chi connectivity index (χ1v) is 3.44. The fraction of sp³-hybridized carbons (Fsp3) is 1.00. The molecule has 0 aliphatic heterocycles. The third-order valence-corrected chi connectivity index (χ3v) is 1.31. The second kappa shape index (κ2) is 4.61. The molecule has 0 spiro atoms. The minimum absolute atomic E-state index is 0.176. The molecule has 0 bridgehead atoms. The van der Waals surface area contributed by atoms with Gasteiger partial charge in [0.2, 0.25) is 0 Å². The maximum atomic E-state index is 12.3. The second-order valence-electron chi connectivity index (χ2n) is 2.59. The van der Waals surface area contributed by atoms with Gasteiger partial charge in [0.15, 0.2) is 0 Å². The van der Waals surface area contributed by atoms with E-state index in [0.29, 0.717) is 0 Å². The van der Waals surface area contributed by atoms with Gasteiger partial charge in [-0.05, 0) is 7.05 Å². The lowest BCUT2D eigenvalue weighted by Gasteiger charge is -2.22. The molecule has 74 valence electrons. The largest absolute Gasteiger partial charge is 0.329 e. The molecule has 0 fully saturated rings. The van der Waals surface area contributed by atoms with Gasteiger partial charge >= 0.3 is 12.3 Å². The van der Waals surface area contributed by atoms with E-state index in [9.17, 15) is 17.6 Å². The van der Waals surface area contributed by atoms with Crippen LogP contribution in [0.1, 0.15) is 0 Å². The van der Waals surface area contributed by atoms with E-state index in [0.717, 1.165) is 4.90 Å². The van der Waals surface area contributed by atoms with Crippen LogP contribution in [0, 0.1) is 0 Å². The summed E-state index contributed by atoms with van der Waals surface area (Å²) in [4.78, 5) is 1.08. The van der Waals surface area contributed by atoms with Crippen LogP contribution >= 0.6 is 0 Å². The normalized spacial score (nSPS) is 13.0. The molecule has 0 aliphatic carbocycles. The first kappa shape index (κ1) is 11.6. The molecule has 0 aliphatic rings.